The first-order valence-electron chi connectivity index (χ1n) is 5.02. The maximum atomic E-state index is 9.87. The molecule has 0 atom stereocenters. The third-order valence-electron chi connectivity index (χ3n) is 2.47. The molecule has 2 heterocycles. The second kappa shape index (κ2) is 3.85. The number of imidazole rings is 1. The molecule has 3 aromatic rings. The third-order valence-corrected chi connectivity index (χ3v) is 2.96. The number of rotatable bonds is 1. The SMILES string of the molecule is Oc1cc(Br)ccc1-c1cn2cccnc2n1. The number of nitrogens with zero attached hydrogens (tertiary/aromatic N) is 3. The lowest BCUT2D eigenvalue weighted by Crippen LogP contribution is -1.83. The van der Waals surface area contributed by atoms with Gasteiger partial charge in [-0.05, 0) is 24.3 Å². The van der Waals surface area contributed by atoms with Crippen molar-refractivity contribution >= 4 is 21.7 Å². The zero-order valence-electron chi connectivity index (χ0n) is 8.71. The van der Waals surface area contributed by atoms with Crippen LogP contribution in [-0.2, 0) is 0 Å². The van der Waals surface area contributed by atoms with Crippen molar-refractivity contribution in [3.8, 4) is 17.0 Å². The summed E-state index contributed by atoms with van der Waals surface area (Å²) in [5, 5.41) is 9.87. The molecule has 84 valence electrons. The number of aromatic hydroxyl groups is 1. The largest absolute Gasteiger partial charge is 0.507 e. The van der Waals surface area contributed by atoms with Gasteiger partial charge >= 0.3 is 0 Å². The Kier molecular flexibility index (Phi) is 2.33. The average molecular weight is 290 g/mol. The Bertz CT molecular complexity index is 660. The molecule has 0 spiro atoms. The summed E-state index contributed by atoms with van der Waals surface area (Å²) >= 11 is 3.31. The lowest BCUT2D eigenvalue weighted by Gasteiger charge is -2.00. The predicted octanol–water partition coefficient (Wildman–Crippen LogP) is 2.86. The first kappa shape index (κ1) is 10.3. The maximum Gasteiger partial charge on any atom is 0.234 e. The second-order valence-electron chi connectivity index (χ2n) is 3.61. The summed E-state index contributed by atoms with van der Waals surface area (Å²) in [5.74, 6) is 0.813. The monoisotopic (exact) mass is 289 g/mol. The van der Waals surface area contributed by atoms with E-state index in [1.165, 1.54) is 0 Å². The van der Waals surface area contributed by atoms with Gasteiger partial charge in [0.1, 0.15) is 5.75 Å². The fraction of sp³-hybridized carbons (Fsp3) is 0. The summed E-state index contributed by atoms with van der Waals surface area (Å²) in [6.07, 6.45) is 5.40. The zero-order valence-corrected chi connectivity index (χ0v) is 10.3. The highest BCUT2D eigenvalue weighted by Gasteiger charge is 2.09. The summed E-state index contributed by atoms with van der Waals surface area (Å²) in [7, 11) is 0. The summed E-state index contributed by atoms with van der Waals surface area (Å²) in [4.78, 5) is 8.49. The van der Waals surface area contributed by atoms with Gasteiger partial charge in [-0.2, -0.15) is 0 Å². The minimum atomic E-state index is 0.197. The number of hydrogen-bond donors (Lipinski definition) is 1. The molecule has 1 N–H and O–H groups in total. The van der Waals surface area contributed by atoms with E-state index in [2.05, 4.69) is 25.9 Å². The topological polar surface area (TPSA) is 50.4 Å². The fourth-order valence-corrected chi connectivity index (χ4v) is 2.03. The standard InChI is InChI=1S/C12H8BrN3O/c13-8-2-3-9(11(17)6-8)10-7-16-5-1-4-14-12(16)15-10/h1-7,17H. The molecule has 4 nitrogen and oxygen atoms in total. The first-order valence-corrected chi connectivity index (χ1v) is 5.82. The number of fused-ring (bicyclic) bond motifs is 1. The van der Waals surface area contributed by atoms with Crippen LogP contribution in [0.3, 0.4) is 0 Å². The lowest BCUT2D eigenvalue weighted by molar-refractivity contribution is 0.477. The van der Waals surface area contributed by atoms with Crippen LogP contribution in [0.5, 0.6) is 5.75 Å². The van der Waals surface area contributed by atoms with Gasteiger partial charge in [0, 0.05) is 28.6 Å². The molecule has 17 heavy (non-hydrogen) atoms. The Balaban J connectivity index is 2.20. The normalized spacial score (nSPS) is 10.9. The van der Waals surface area contributed by atoms with Gasteiger partial charge in [0.15, 0.2) is 0 Å². The molecule has 3 rings (SSSR count). The van der Waals surface area contributed by atoms with Crippen molar-refractivity contribution < 1.29 is 5.11 Å². The summed E-state index contributed by atoms with van der Waals surface area (Å²) in [6, 6.07) is 7.17. The second-order valence-corrected chi connectivity index (χ2v) is 4.53. The van der Waals surface area contributed by atoms with Crippen LogP contribution in [-0.4, -0.2) is 19.5 Å². The van der Waals surface area contributed by atoms with Crippen LogP contribution < -0.4 is 0 Å². The highest BCUT2D eigenvalue weighted by molar-refractivity contribution is 9.10. The number of phenolic OH excluding ortho intramolecular Hbond substituents is 1. The Morgan fingerprint density at radius 1 is 1.29 bits per heavy atom. The Labute approximate surface area is 106 Å². The molecule has 0 fully saturated rings. The van der Waals surface area contributed by atoms with Gasteiger partial charge in [-0.25, -0.2) is 9.97 Å². The quantitative estimate of drug-likeness (QED) is 0.749. The van der Waals surface area contributed by atoms with Crippen molar-refractivity contribution in [1.29, 1.82) is 0 Å². The molecule has 5 heteroatoms. The maximum absolute atomic E-state index is 9.87. The van der Waals surface area contributed by atoms with Crippen molar-refractivity contribution in [2.24, 2.45) is 0 Å². The highest BCUT2D eigenvalue weighted by Crippen LogP contribution is 2.30. The molecule has 0 aliphatic rings. The number of halogens is 1. The van der Waals surface area contributed by atoms with Gasteiger partial charge in [0.2, 0.25) is 5.78 Å². The van der Waals surface area contributed by atoms with E-state index in [0.29, 0.717) is 17.0 Å². The van der Waals surface area contributed by atoms with E-state index in [9.17, 15) is 5.11 Å². The molecule has 2 aromatic heterocycles. The Morgan fingerprint density at radius 3 is 2.94 bits per heavy atom. The molecule has 1 aromatic carbocycles. The van der Waals surface area contributed by atoms with Crippen molar-refractivity contribution in [3.05, 3.63) is 47.3 Å². The zero-order chi connectivity index (χ0) is 11.8. The number of aromatic nitrogens is 3. The molecule has 0 bridgehead atoms. The van der Waals surface area contributed by atoms with E-state index >= 15 is 0 Å². The van der Waals surface area contributed by atoms with Crippen LogP contribution in [0.1, 0.15) is 0 Å². The minimum absolute atomic E-state index is 0.197. The smallest absolute Gasteiger partial charge is 0.234 e. The minimum Gasteiger partial charge on any atom is -0.507 e. The van der Waals surface area contributed by atoms with E-state index in [0.717, 1.165) is 4.47 Å². The fourth-order valence-electron chi connectivity index (χ4n) is 1.68. The van der Waals surface area contributed by atoms with Crippen LogP contribution in [0.25, 0.3) is 17.0 Å². The summed E-state index contributed by atoms with van der Waals surface area (Å²) in [5.41, 5.74) is 1.40. The van der Waals surface area contributed by atoms with Gasteiger partial charge < -0.3 is 5.11 Å². The predicted molar refractivity (Wildman–Crippen MR) is 67.8 cm³/mol. The highest BCUT2D eigenvalue weighted by atomic mass is 79.9. The van der Waals surface area contributed by atoms with Crippen molar-refractivity contribution in [3.63, 3.8) is 0 Å². The van der Waals surface area contributed by atoms with Crippen molar-refractivity contribution in [2.45, 2.75) is 0 Å². The molecular formula is C12H8BrN3O. The van der Waals surface area contributed by atoms with E-state index in [1.807, 2.05) is 35.0 Å². The van der Waals surface area contributed by atoms with Gasteiger partial charge in [-0.15, -0.1) is 0 Å². The van der Waals surface area contributed by atoms with E-state index in [4.69, 9.17) is 0 Å². The number of benzene rings is 1. The van der Waals surface area contributed by atoms with E-state index < -0.39 is 0 Å². The number of hydrogen-bond acceptors (Lipinski definition) is 3. The molecule has 0 amide bonds. The Morgan fingerprint density at radius 2 is 2.18 bits per heavy atom. The number of phenols is 1. The van der Waals surface area contributed by atoms with Gasteiger partial charge in [-0.3, -0.25) is 4.40 Å². The molecule has 0 unspecified atom stereocenters. The first-order chi connectivity index (χ1) is 8.24. The summed E-state index contributed by atoms with van der Waals surface area (Å²) < 4.78 is 2.65. The van der Waals surface area contributed by atoms with Gasteiger partial charge in [0.25, 0.3) is 0 Å². The van der Waals surface area contributed by atoms with Crippen molar-refractivity contribution in [2.75, 3.05) is 0 Å². The van der Waals surface area contributed by atoms with Crippen LogP contribution in [0.2, 0.25) is 0 Å². The summed E-state index contributed by atoms with van der Waals surface area (Å²) in [6.45, 7) is 0. The van der Waals surface area contributed by atoms with Crippen LogP contribution in [0.15, 0.2) is 47.3 Å². The van der Waals surface area contributed by atoms with E-state index in [-0.39, 0.29) is 5.75 Å². The molecule has 0 aliphatic heterocycles. The van der Waals surface area contributed by atoms with Crippen LogP contribution in [0.4, 0.5) is 0 Å². The third kappa shape index (κ3) is 1.78. The average Bonchev–Trinajstić information content (AvgIpc) is 2.72. The molecular weight excluding hydrogens is 282 g/mol. The Hall–Kier alpha value is -1.88. The lowest BCUT2D eigenvalue weighted by atomic mass is 10.1. The molecule has 0 saturated heterocycles. The van der Waals surface area contributed by atoms with Gasteiger partial charge in [0.05, 0.1) is 5.69 Å². The van der Waals surface area contributed by atoms with Crippen molar-refractivity contribution in [1.82, 2.24) is 14.4 Å². The van der Waals surface area contributed by atoms with Crippen LogP contribution >= 0.6 is 15.9 Å². The molecule has 0 saturated carbocycles. The molecule has 0 aliphatic carbocycles. The van der Waals surface area contributed by atoms with Gasteiger partial charge in [-0.1, -0.05) is 15.9 Å². The van der Waals surface area contributed by atoms with E-state index in [1.54, 1.807) is 12.3 Å². The van der Waals surface area contributed by atoms with Crippen LogP contribution in [0, 0.1) is 0 Å². The molecule has 0 radical (unpaired) electrons.